The molecule has 2 rings (SSSR count). The molecule has 0 aliphatic heterocycles. The van der Waals surface area contributed by atoms with Crippen LogP contribution in [0.5, 0.6) is 0 Å². The van der Waals surface area contributed by atoms with E-state index in [1.807, 2.05) is 24.0 Å². The second-order valence-electron chi connectivity index (χ2n) is 4.27. The summed E-state index contributed by atoms with van der Waals surface area (Å²) in [4.78, 5) is 0. The molecule has 0 saturated heterocycles. The highest BCUT2D eigenvalue weighted by Gasteiger charge is 2.13. The van der Waals surface area contributed by atoms with E-state index in [-0.39, 0.29) is 0 Å². The van der Waals surface area contributed by atoms with Gasteiger partial charge in [-0.15, -0.1) is 0 Å². The van der Waals surface area contributed by atoms with Gasteiger partial charge in [-0.3, -0.25) is 4.68 Å². The van der Waals surface area contributed by atoms with Crippen LogP contribution in [0.3, 0.4) is 0 Å². The summed E-state index contributed by atoms with van der Waals surface area (Å²) >= 11 is 3.60. The van der Waals surface area contributed by atoms with Gasteiger partial charge in [-0.2, -0.15) is 5.10 Å². The van der Waals surface area contributed by atoms with Crippen LogP contribution in [0.25, 0.3) is 0 Å². The molecule has 1 aromatic heterocycles. The average molecular weight is 308 g/mol. The van der Waals surface area contributed by atoms with E-state index in [4.69, 9.17) is 0 Å². The molecule has 0 bridgehead atoms. The number of halogens is 1. The quantitative estimate of drug-likeness (QED) is 0.919. The molecule has 1 heterocycles. The van der Waals surface area contributed by atoms with Gasteiger partial charge in [-0.05, 0) is 32.0 Å². The van der Waals surface area contributed by atoms with E-state index in [0.717, 1.165) is 17.4 Å². The summed E-state index contributed by atoms with van der Waals surface area (Å²) < 4.78 is 3.12. The first kappa shape index (κ1) is 13.3. The monoisotopic (exact) mass is 307 g/mol. The van der Waals surface area contributed by atoms with E-state index in [0.29, 0.717) is 6.04 Å². The smallest absolute Gasteiger partial charge is 0.0537 e. The maximum absolute atomic E-state index is 4.33. The van der Waals surface area contributed by atoms with Gasteiger partial charge >= 0.3 is 0 Å². The summed E-state index contributed by atoms with van der Waals surface area (Å²) in [7, 11) is 1.99. The largest absolute Gasteiger partial charge is 0.313 e. The predicted molar refractivity (Wildman–Crippen MR) is 77.5 cm³/mol. The zero-order valence-corrected chi connectivity index (χ0v) is 12.3. The van der Waals surface area contributed by atoms with Gasteiger partial charge in [-0.1, -0.05) is 34.1 Å². The summed E-state index contributed by atoms with van der Waals surface area (Å²) in [6, 6.07) is 8.64. The molecule has 1 N–H and O–H groups in total. The Labute approximate surface area is 116 Å². The highest BCUT2D eigenvalue weighted by Crippen LogP contribution is 2.23. The third kappa shape index (κ3) is 3.00. The summed E-state index contributed by atoms with van der Waals surface area (Å²) in [5, 5.41) is 7.69. The number of likely N-dealkylation sites (N-methyl/N-ethyl adjacent to an activating group) is 1. The van der Waals surface area contributed by atoms with Crippen LogP contribution in [0.2, 0.25) is 0 Å². The molecule has 0 aliphatic carbocycles. The number of nitrogens with zero attached hydrogens (tertiary/aromatic N) is 2. The standard InChI is InChI=1S/C14H18BrN3/c1-3-18-10-12(9-17-18)14(16-2)8-11-6-4-5-7-13(11)15/h4-7,9-10,14,16H,3,8H2,1-2H3. The van der Waals surface area contributed by atoms with Crippen molar-refractivity contribution in [1.29, 1.82) is 0 Å². The Bertz CT molecular complexity index is 507. The van der Waals surface area contributed by atoms with Crippen molar-refractivity contribution >= 4 is 15.9 Å². The number of nitrogens with one attached hydrogen (secondary N) is 1. The van der Waals surface area contributed by atoms with Crippen molar-refractivity contribution in [2.45, 2.75) is 25.9 Å². The van der Waals surface area contributed by atoms with Crippen LogP contribution in [-0.4, -0.2) is 16.8 Å². The van der Waals surface area contributed by atoms with Gasteiger partial charge in [0, 0.05) is 28.8 Å². The number of rotatable bonds is 5. The molecule has 1 aromatic carbocycles. The third-order valence-corrected chi connectivity index (χ3v) is 3.88. The number of aryl methyl sites for hydroxylation is 1. The van der Waals surface area contributed by atoms with Crippen LogP contribution in [0.4, 0.5) is 0 Å². The van der Waals surface area contributed by atoms with E-state index in [1.54, 1.807) is 0 Å². The maximum Gasteiger partial charge on any atom is 0.0537 e. The van der Waals surface area contributed by atoms with Crippen molar-refractivity contribution in [3.05, 3.63) is 52.3 Å². The molecule has 96 valence electrons. The lowest BCUT2D eigenvalue weighted by Crippen LogP contribution is -2.18. The second-order valence-corrected chi connectivity index (χ2v) is 5.12. The van der Waals surface area contributed by atoms with E-state index in [2.05, 4.69) is 57.7 Å². The van der Waals surface area contributed by atoms with Gasteiger partial charge in [0.15, 0.2) is 0 Å². The molecule has 0 fully saturated rings. The van der Waals surface area contributed by atoms with Crippen LogP contribution in [0.1, 0.15) is 24.1 Å². The first-order valence-electron chi connectivity index (χ1n) is 6.17. The lowest BCUT2D eigenvalue weighted by Gasteiger charge is -2.15. The van der Waals surface area contributed by atoms with Crippen molar-refractivity contribution in [2.75, 3.05) is 7.05 Å². The van der Waals surface area contributed by atoms with Crippen molar-refractivity contribution < 1.29 is 0 Å². The molecule has 0 aliphatic rings. The van der Waals surface area contributed by atoms with Gasteiger partial charge in [0.05, 0.1) is 6.20 Å². The van der Waals surface area contributed by atoms with Gasteiger partial charge in [-0.25, -0.2) is 0 Å². The normalized spacial score (nSPS) is 12.6. The fourth-order valence-electron chi connectivity index (χ4n) is 2.00. The Morgan fingerprint density at radius 2 is 2.17 bits per heavy atom. The fourth-order valence-corrected chi connectivity index (χ4v) is 2.45. The number of aromatic nitrogens is 2. The molecule has 0 saturated carbocycles. The second kappa shape index (κ2) is 6.16. The topological polar surface area (TPSA) is 29.9 Å². The molecule has 18 heavy (non-hydrogen) atoms. The van der Waals surface area contributed by atoms with Gasteiger partial charge in [0.1, 0.15) is 0 Å². The van der Waals surface area contributed by atoms with E-state index in [9.17, 15) is 0 Å². The minimum Gasteiger partial charge on any atom is -0.313 e. The van der Waals surface area contributed by atoms with E-state index >= 15 is 0 Å². The van der Waals surface area contributed by atoms with Crippen LogP contribution < -0.4 is 5.32 Å². The van der Waals surface area contributed by atoms with Crippen molar-refractivity contribution in [3.8, 4) is 0 Å². The minimum absolute atomic E-state index is 0.295. The van der Waals surface area contributed by atoms with Crippen LogP contribution in [0.15, 0.2) is 41.1 Å². The molecule has 1 unspecified atom stereocenters. The molecule has 0 spiro atoms. The minimum atomic E-state index is 0.295. The molecular weight excluding hydrogens is 290 g/mol. The van der Waals surface area contributed by atoms with Gasteiger partial charge in [0.25, 0.3) is 0 Å². The number of hydrogen-bond acceptors (Lipinski definition) is 2. The Morgan fingerprint density at radius 1 is 1.39 bits per heavy atom. The Morgan fingerprint density at radius 3 is 2.78 bits per heavy atom. The molecule has 0 amide bonds. The molecular formula is C14H18BrN3. The average Bonchev–Trinajstić information content (AvgIpc) is 2.86. The highest BCUT2D eigenvalue weighted by molar-refractivity contribution is 9.10. The van der Waals surface area contributed by atoms with Crippen LogP contribution >= 0.6 is 15.9 Å². The maximum atomic E-state index is 4.33. The molecule has 2 aromatic rings. The molecule has 3 nitrogen and oxygen atoms in total. The summed E-state index contributed by atoms with van der Waals surface area (Å²) in [5.41, 5.74) is 2.54. The summed E-state index contributed by atoms with van der Waals surface area (Å²) in [6.45, 7) is 3.00. The van der Waals surface area contributed by atoms with Crippen molar-refractivity contribution in [1.82, 2.24) is 15.1 Å². The Kier molecular flexibility index (Phi) is 4.55. The zero-order valence-electron chi connectivity index (χ0n) is 10.7. The van der Waals surface area contributed by atoms with Crippen LogP contribution in [0, 0.1) is 0 Å². The molecule has 1 atom stereocenters. The van der Waals surface area contributed by atoms with Crippen molar-refractivity contribution in [3.63, 3.8) is 0 Å². The SMILES string of the molecule is CCn1cc(C(Cc2ccccc2Br)NC)cn1. The van der Waals surface area contributed by atoms with Crippen molar-refractivity contribution in [2.24, 2.45) is 0 Å². The summed E-state index contributed by atoms with van der Waals surface area (Å²) in [5.74, 6) is 0. The Hall–Kier alpha value is -1.13. The zero-order chi connectivity index (χ0) is 13.0. The highest BCUT2D eigenvalue weighted by atomic mass is 79.9. The number of hydrogen-bond donors (Lipinski definition) is 1. The Balaban J connectivity index is 2.17. The van der Waals surface area contributed by atoms with Gasteiger partial charge < -0.3 is 5.32 Å². The summed E-state index contributed by atoms with van der Waals surface area (Å²) in [6.07, 6.45) is 5.01. The lowest BCUT2D eigenvalue weighted by molar-refractivity contribution is 0.588. The molecule has 4 heteroatoms. The molecule has 0 radical (unpaired) electrons. The van der Waals surface area contributed by atoms with Gasteiger partial charge in [0.2, 0.25) is 0 Å². The number of benzene rings is 1. The van der Waals surface area contributed by atoms with E-state index in [1.165, 1.54) is 11.1 Å². The van der Waals surface area contributed by atoms with E-state index < -0.39 is 0 Å². The third-order valence-electron chi connectivity index (χ3n) is 3.11. The lowest BCUT2D eigenvalue weighted by atomic mass is 10.0. The van der Waals surface area contributed by atoms with Crippen LogP contribution in [-0.2, 0) is 13.0 Å². The first-order valence-corrected chi connectivity index (χ1v) is 6.97. The first-order chi connectivity index (χ1) is 8.74. The fraction of sp³-hybridized carbons (Fsp3) is 0.357. The predicted octanol–water partition coefficient (Wildman–Crippen LogP) is 3.17.